The van der Waals surface area contributed by atoms with E-state index in [-0.39, 0.29) is 18.4 Å². The Morgan fingerprint density at radius 3 is 2.67 bits per heavy atom. The van der Waals surface area contributed by atoms with Crippen LogP contribution in [0.15, 0.2) is 24.3 Å². The molecule has 1 aromatic rings. The van der Waals surface area contributed by atoms with Crippen LogP contribution in [-0.2, 0) is 9.59 Å². The first-order chi connectivity index (χ1) is 8.56. The summed E-state index contributed by atoms with van der Waals surface area (Å²) in [5, 5.41) is 9.08. The third kappa shape index (κ3) is 1.92. The molecule has 1 aliphatic heterocycles. The molecule has 0 spiro atoms. The number of anilines is 1. The molecule has 2 atom stereocenters. The predicted octanol–water partition coefficient (Wildman–Crippen LogP) is 1.52. The molecule has 5 nitrogen and oxygen atoms in total. The van der Waals surface area contributed by atoms with Crippen molar-refractivity contribution >= 4 is 17.6 Å². The van der Waals surface area contributed by atoms with Crippen molar-refractivity contribution < 1.29 is 19.4 Å². The molecule has 0 bridgehead atoms. The standard InChI is InChI=1S/C13H15NO4/c1-8-9(13(16)17)7-12(15)14(8)10-5-3-4-6-11(10)18-2/h3-6,8-9H,7H2,1-2H3,(H,16,17). The van der Waals surface area contributed by atoms with Gasteiger partial charge in [-0.3, -0.25) is 9.59 Å². The van der Waals surface area contributed by atoms with Crippen LogP contribution in [0.5, 0.6) is 5.75 Å². The number of nitrogens with zero attached hydrogens (tertiary/aromatic N) is 1. The topological polar surface area (TPSA) is 66.8 Å². The van der Waals surface area contributed by atoms with Crippen molar-refractivity contribution in [1.29, 1.82) is 0 Å². The Balaban J connectivity index is 2.39. The second-order valence-electron chi connectivity index (χ2n) is 4.33. The Morgan fingerprint density at radius 1 is 1.44 bits per heavy atom. The van der Waals surface area contributed by atoms with Crippen molar-refractivity contribution in [2.45, 2.75) is 19.4 Å². The number of hydrogen-bond acceptors (Lipinski definition) is 3. The molecule has 96 valence electrons. The average molecular weight is 249 g/mol. The number of aliphatic carboxylic acids is 1. The number of carbonyl (C=O) groups excluding carboxylic acids is 1. The van der Waals surface area contributed by atoms with Gasteiger partial charge >= 0.3 is 5.97 Å². The van der Waals surface area contributed by atoms with Crippen LogP contribution in [0.1, 0.15) is 13.3 Å². The Hall–Kier alpha value is -2.04. The molecule has 1 amide bonds. The number of hydrogen-bond donors (Lipinski definition) is 1. The van der Waals surface area contributed by atoms with Crippen LogP contribution < -0.4 is 9.64 Å². The molecule has 0 aromatic heterocycles. The highest BCUT2D eigenvalue weighted by atomic mass is 16.5. The van der Waals surface area contributed by atoms with Crippen molar-refractivity contribution in [2.75, 3.05) is 12.0 Å². The fraction of sp³-hybridized carbons (Fsp3) is 0.385. The highest BCUT2D eigenvalue weighted by Crippen LogP contribution is 2.36. The summed E-state index contributed by atoms with van der Waals surface area (Å²) < 4.78 is 5.21. The Kier molecular flexibility index (Phi) is 3.23. The molecule has 2 unspecified atom stereocenters. The molecule has 1 saturated heterocycles. The van der Waals surface area contributed by atoms with E-state index in [0.717, 1.165) is 0 Å². The van der Waals surface area contributed by atoms with Crippen LogP contribution in [0.3, 0.4) is 0 Å². The summed E-state index contributed by atoms with van der Waals surface area (Å²) >= 11 is 0. The smallest absolute Gasteiger partial charge is 0.309 e. The van der Waals surface area contributed by atoms with Gasteiger partial charge in [0.25, 0.3) is 0 Å². The molecule has 0 radical (unpaired) electrons. The van der Waals surface area contributed by atoms with Gasteiger partial charge in [-0.25, -0.2) is 0 Å². The van der Waals surface area contributed by atoms with E-state index < -0.39 is 11.9 Å². The zero-order valence-electron chi connectivity index (χ0n) is 10.3. The Morgan fingerprint density at radius 2 is 2.11 bits per heavy atom. The molecule has 5 heteroatoms. The minimum Gasteiger partial charge on any atom is -0.495 e. The zero-order valence-corrected chi connectivity index (χ0v) is 10.3. The summed E-state index contributed by atoms with van der Waals surface area (Å²) in [7, 11) is 1.53. The van der Waals surface area contributed by atoms with Gasteiger partial charge in [-0.05, 0) is 19.1 Å². The molecule has 1 fully saturated rings. The third-order valence-corrected chi connectivity index (χ3v) is 3.31. The van der Waals surface area contributed by atoms with E-state index >= 15 is 0 Å². The minimum absolute atomic E-state index is 0.0363. The molecule has 18 heavy (non-hydrogen) atoms. The van der Waals surface area contributed by atoms with Crippen molar-refractivity contribution in [2.24, 2.45) is 5.92 Å². The van der Waals surface area contributed by atoms with E-state index in [1.807, 2.05) is 6.07 Å². The van der Waals surface area contributed by atoms with Gasteiger partial charge in [0.2, 0.25) is 5.91 Å². The van der Waals surface area contributed by atoms with E-state index in [2.05, 4.69) is 0 Å². The van der Waals surface area contributed by atoms with E-state index in [1.54, 1.807) is 25.1 Å². The molecular weight excluding hydrogens is 234 g/mol. The molecule has 0 saturated carbocycles. The summed E-state index contributed by atoms with van der Waals surface area (Å²) in [6.07, 6.45) is 0.0363. The van der Waals surface area contributed by atoms with Crippen molar-refractivity contribution in [1.82, 2.24) is 0 Å². The molecule has 1 aromatic carbocycles. The van der Waals surface area contributed by atoms with Gasteiger partial charge in [0.05, 0.1) is 18.7 Å². The van der Waals surface area contributed by atoms with Crippen molar-refractivity contribution in [3.63, 3.8) is 0 Å². The maximum absolute atomic E-state index is 12.0. The molecule has 1 aliphatic rings. The normalized spacial score (nSPS) is 23.2. The lowest BCUT2D eigenvalue weighted by Gasteiger charge is -2.25. The van der Waals surface area contributed by atoms with E-state index in [9.17, 15) is 9.59 Å². The van der Waals surface area contributed by atoms with Crippen LogP contribution in [0, 0.1) is 5.92 Å². The largest absolute Gasteiger partial charge is 0.495 e. The first kappa shape index (κ1) is 12.4. The van der Waals surface area contributed by atoms with Gasteiger partial charge < -0.3 is 14.7 Å². The second-order valence-corrected chi connectivity index (χ2v) is 4.33. The summed E-state index contributed by atoms with van der Waals surface area (Å²) in [5.41, 5.74) is 0.626. The summed E-state index contributed by atoms with van der Waals surface area (Å²) in [4.78, 5) is 24.6. The zero-order chi connectivity index (χ0) is 13.3. The van der Waals surface area contributed by atoms with Gasteiger partial charge in [0.15, 0.2) is 0 Å². The third-order valence-electron chi connectivity index (χ3n) is 3.31. The van der Waals surface area contributed by atoms with Crippen molar-refractivity contribution in [3.8, 4) is 5.75 Å². The van der Waals surface area contributed by atoms with Crippen molar-refractivity contribution in [3.05, 3.63) is 24.3 Å². The fourth-order valence-corrected chi connectivity index (χ4v) is 2.34. The van der Waals surface area contributed by atoms with Gasteiger partial charge in [-0.15, -0.1) is 0 Å². The molecular formula is C13H15NO4. The molecule has 1 heterocycles. The highest BCUT2D eigenvalue weighted by Gasteiger charge is 2.42. The number of ether oxygens (including phenoxy) is 1. The van der Waals surface area contributed by atoms with Gasteiger partial charge in [-0.2, -0.15) is 0 Å². The highest BCUT2D eigenvalue weighted by molar-refractivity contribution is 6.01. The number of amides is 1. The monoisotopic (exact) mass is 249 g/mol. The number of carboxylic acid groups (broad SMARTS) is 1. The second kappa shape index (κ2) is 4.68. The number of carboxylic acids is 1. The summed E-state index contributed by atoms with van der Waals surface area (Å²) in [6.45, 7) is 1.75. The van der Waals surface area contributed by atoms with Gasteiger partial charge in [-0.1, -0.05) is 12.1 Å². The maximum Gasteiger partial charge on any atom is 0.309 e. The minimum atomic E-state index is -0.937. The Bertz CT molecular complexity index is 486. The number of carbonyl (C=O) groups is 2. The SMILES string of the molecule is COc1ccccc1N1C(=O)CC(C(=O)O)C1C. The van der Waals surface area contributed by atoms with Gasteiger partial charge in [0, 0.05) is 12.5 Å². The van der Waals surface area contributed by atoms with Crippen LogP contribution in [0.4, 0.5) is 5.69 Å². The summed E-state index contributed by atoms with van der Waals surface area (Å²) in [5.74, 6) is -1.21. The quantitative estimate of drug-likeness (QED) is 0.882. The molecule has 0 aliphatic carbocycles. The predicted molar refractivity (Wildman–Crippen MR) is 65.7 cm³/mol. The summed E-state index contributed by atoms with van der Waals surface area (Å²) in [6, 6.07) is 6.75. The first-order valence-corrected chi connectivity index (χ1v) is 5.74. The molecule has 2 rings (SSSR count). The lowest BCUT2D eigenvalue weighted by atomic mass is 10.0. The van der Waals surface area contributed by atoms with E-state index in [1.165, 1.54) is 12.0 Å². The Labute approximate surface area is 105 Å². The lowest BCUT2D eigenvalue weighted by Crippen LogP contribution is -2.35. The number of para-hydroxylation sites is 2. The van der Waals surface area contributed by atoms with Crippen LogP contribution in [0.2, 0.25) is 0 Å². The first-order valence-electron chi connectivity index (χ1n) is 5.74. The molecule has 1 N–H and O–H groups in total. The average Bonchev–Trinajstić information content (AvgIpc) is 2.65. The van der Waals surface area contributed by atoms with Gasteiger partial charge in [0.1, 0.15) is 5.75 Å². The van der Waals surface area contributed by atoms with E-state index in [0.29, 0.717) is 11.4 Å². The number of benzene rings is 1. The van der Waals surface area contributed by atoms with Crippen LogP contribution in [0.25, 0.3) is 0 Å². The lowest BCUT2D eigenvalue weighted by molar-refractivity contribution is -0.142. The van der Waals surface area contributed by atoms with Crippen LogP contribution >= 0.6 is 0 Å². The fourth-order valence-electron chi connectivity index (χ4n) is 2.34. The number of methoxy groups -OCH3 is 1. The van der Waals surface area contributed by atoms with E-state index in [4.69, 9.17) is 9.84 Å². The maximum atomic E-state index is 12.0. The number of rotatable bonds is 3. The van der Waals surface area contributed by atoms with Crippen LogP contribution in [-0.4, -0.2) is 30.1 Å².